The predicted molar refractivity (Wildman–Crippen MR) is 90.5 cm³/mol. The summed E-state index contributed by atoms with van der Waals surface area (Å²) in [5.41, 5.74) is 0.668. The minimum Gasteiger partial charge on any atom is -0.380 e. The third kappa shape index (κ3) is 2.98. The fraction of sp³-hybridized carbons (Fsp3) is 0.471. The largest absolute Gasteiger partial charge is 0.380 e. The third-order valence-electron chi connectivity index (χ3n) is 4.34. The SMILES string of the molecule is COCc1c(C(=O)N2CCN(C)C[C@H]2C)sc2cccc(F)c12. The number of thiophene rings is 1. The molecule has 0 spiro atoms. The van der Waals surface area contributed by atoms with E-state index in [1.165, 1.54) is 17.4 Å². The fourth-order valence-corrected chi connectivity index (χ4v) is 4.37. The number of fused-ring (bicyclic) bond motifs is 1. The number of hydrogen-bond donors (Lipinski definition) is 0. The van der Waals surface area contributed by atoms with Gasteiger partial charge in [-0.2, -0.15) is 0 Å². The van der Waals surface area contributed by atoms with Crippen molar-refractivity contribution in [2.75, 3.05) is 33.8 Å². The predicted octanol–water partition coefficient (Wildman–Crippen LogP) is 2.96. The van der Waals surface area contributed by atoms with Crippen molar-refractivity contribution in [1.82, 2.24) is 9.80 Å². The highest BCUT2D eigenvalue weighted by molar-refractivity contribution is 7.21. The van der Waals surface area contributed by atoms with Gasteiger partial charge in [0, 0.05) is 48.4 Å². The van der Waals surface area contributed by atoms with Gasteiger partial charge in [0.15, 0.2) is 0 Å². The van der Waals surface area contributed by atoms with Crippen LogP contribution in [0.2, 0.25) is 0 Å². The highest BCUT2D eigenvalue weighted by atomic mass is 32.1. The summed E-state index contributed by atoms with van der Waals surface area (Å²) in [6.45, 7) is 4.70. The molecule has 23 heavy (non-hydrogen) atoms. The van der Waals surface area contributed by atoms with Crippen molar-refractivity contribution >= 4 is 27.3 Å². The van der Waals surface area contributed by atoms with Crippen molar-refractivity contribution in [3.05, 3.63) is 34.5 Å². The topological polar surface area (TPSA) is 32.8 Å². The molecule has 1 aliphatic heterocycles. The Kier molecular flexibility index (Phi) is 4.66. The Morgan fingerprint density at radius 1 is 1.43 bits per heavy atom. The number of hydrogen-bond acceptors (Lipinski definition) is 4. The first-order chi connectivity index (χ1) is 11.0. The van der Waals surface area contributed by atoms with Crippen LogP contribution in [0.5, 0.6) is 0 Å². The molecule has 1 fully saturated rings. The molecule has 1 saturated heterocycles. The zero-order valence-electron chi connectivity index (χ0n) is 13.6. The van der Waals surface area contributed by atoms with Crippen molar-refractivity contribution in [3.8, 4) is 0 Å². The molecule has 0 bridgehead atoms. The van der Waals surface area contributed by atoms with Gasteiger partial charge in [-0.15, -0.1) is 11.3 Å². The molecule has 1 atom stereocenters. The summed E-state index contributed by atoms with van der Waals surface area (Å²) in [7, 11) is 3.63. The highest BCUT2D eigenvalue weighted by Crippen LogP contribution is 2.35. The molecule has 0 N–H and O–H groups in total. The Balaban J connectivity index is 2.03. The molecule has 0 aliphatic carbocycles. The van der Waals surface area contributed by atoms with E-state index in [9.17, 15) is 9.18 Å². The van der Waals surface area contributed by atoms with Crippen LogP contribution in [0.1, 0.15) is 22.2 Å². The molecule has 1 aromatic heterocycles. The number of nitrogens with zero attached hydrogens (tertiary/aromatic N) is 2. The van der Waals surface area contributed by atoms with Crippen molar-refractivity contribution in [2.45, 2.75) is 19.6 Å². The Bertz CT molecular complexity index is 731. The van der Waals surface area contributed by atoms with Crippen molar-refractivity contribution in [3.63, 3.8) is 0 Å². The maximum atomic E-state index is 14.2. The second-order valence-electron chi connectivity index (χ2n) is 6.07. The van der Waals surface area contributed by atoms with Crippen LogP contribution in [-0.2, 0) is 11.3 Å². The number of methoxy groups -OCH3 is 1. The fourth-order valence-electron chi connectivity index (χ4n) is 3.19. The van der Waals surface area contributed by atoms with E-state index in [-0.39, 0.29) is 24.4 Å². The van der Waals surface area contributed by atoms with Gasteiger partial charge in [0.1, 0.15) is 5.82 Å². The van der Waals surface area contributed by atoms with E-state index in [1.807, 2.05) is 11.0 Å². The molecular formula is C17H21FN2O2S. The number of rotatable bonds is 3. The molecule has 0 saturated carbocycles. The summed E-state index contributed by atoms with van der Waals surface area (Å²) in [6.07, 6.45) is 0. The van der Waals surface area contributed by atoms with Gasteiger partial charge in [-0.05, 0) is 26.1 Å². The molecule has 124 valence electrons. The van der Waals surface area contributed by atoms with Gasteiger partial charge in [-0.3, -0.25) is 4.79 Å². The maximum Gasteiger partial charge on any atom is 0.264 e. The minimum absolute atomic E-state index is 0.0155. The van der Waals surface area contributed by atoms with Crippen LogP contribution in [0.4, 0.5) is 4.39 Å². The molecule has 4 nitrogen and oxygen atoms in total. The summed E-state index contributed by atoms with van der Waals surface area (Å²) in [5.74, 6) is -0.311. The Morgan fingerprint density at radius 3 is 2.91 bits per heavy atom. The molecule has 3 rings (SSSR count). The Labute approximate surface area is 139 Å². The van der Waals surface area contributed by atoms with Crippen LogP contribution in [0.15, 0.2) is 18.2 Å². The van der Waals surface area contributed by atoms with Crippen molar-refractivity contribution < 1.29 is 13.9 Å². The second kappa shape index (κ2) is 6.55. The number of amides is 1. The molecule has 6 heteroatoms. The van der Waals surface area contributed by atoms with Crippen LogP contribution in [-0.4, -0.2) is 55.5 Å². The first-order valence-electron chi connectivity index (χ1n) is 7.71. The van der Waals surface area contributed by atoms with Crippen LogP contribution < -0.4 is 0 Å². The van der Waals surface area contributed by atoms with E-state index < -0.39 is 0 Å². The smallest absolute Gasteiger partial charge is 0.264 e. The summed E-state index contributed by atoms with van der Waals surface area (Å²) in [6, 6.07) is 5.11. The van der Waals surface area contributed by atoms with E-state index in [0.717, 1.165) is 17.8 Å². The highest BCUT2D eigenvalue weighted by Gasteiger charge is 2.30. The molecule has 2 heterocycles. The normalized spacial score (nSPS) is 19.5. The lowest BCUT2D eigenvalue weighted by Gasteiger charge is -2.38. The number of benzene rings is 1. The Morgan fingerprint density at radius 2 is 2.22 bits per heavy atom. The number of carbonyl (C=O) groups excluding carboxylic acids is 1. The van der Waals surface area contributed by atoms with Gasteiger partial charge >= 0.3 is 0 Å². The number of piperazine rings is 1. The van der Waals surface area contributed by atoms with Gasteiger partial charge in [0.25, 0.3) is 5.91 Å². The average molecular weight is 336 g/mol. The summed E-state index contributed by atoms with van der Waals surface area (Å²) in [4.78, 5) is 17.7. The lowest BCUT2D eigenvalue weighted by atomic mass is 10.1. The molecular weight excluding hydrogens is 315 g/mol. The number of carbonyl (C=O) groups is 1. The summed E-state index contributed by atoms with van der Waals surface area (Å²) in [5, 5.41) is 0.518. The van der Waals surface area contributed by atoms with Crippen LogP contribution >= 0.6 is 11.3 Å². The number of likely N-dealkylation sites (N-methyl/N-ethyl adjacent to an activating group) is 1. The van der Waals surface area contributed by atoms with Crippen LogP contribution in [0.3, 0.4) is 0 Å². The molecule has 1 aromatic carbocycles. The van der Waals surface area contributed by atoms with Gasteiger partial charge in [0.2, 0.25) is 0 Å². The van der Waals surface area contributed by atoms with Crippen LogP contribution in [0, 0.1) is 5.82 Å². The van der Waals surface area contributed by atoms with Crippen LogP contribution in [0.25, 0.3) is 10.1 Å². The lowest BCUT2D eigenvalue weighted by Crippen LogP contribution is -2.52. The molecule has 0 radical (unpaired) electrons. The number of ether oxygens (including phenoxy) is 1. The van der Waals surface area contributed by atoms with E-state index >= 15 is 0 Å². The average Bonchev–Trinajstić information content (AvgIpc) is 2.87. The zero-order chi connectivity index (χ0) is 16.6. The van der Waals surface area contributed by atoms with E-state index in [4.69, 9.17) is 4.74 Å². The van der Waals surface area contributed by atoms with Gasteiger partial charge in [-0.1, -0.05) is 6.07 Å². The summed E-state index contributed by atoms with van der Waals surface area (Å²) >= 11 is 1.36. The molecule has 0 unspecified atom stereocenters. The van der Waals surface area contributed by atoms with Crippen molar-refractivity contribution in [1.29, 1.82) is 0 Å². The lowest BCUT2D eigenvalue weighted by molar-refractivity contribution is 0.0535. The van der Waals surface area contributed by atoms with Crippen molar-refractivity contribution in [2.24, 2.45) is 0 Å². The first kappa shape index (κ1) is 16.4. The van der Waals surface area contributed by atoms with E-state index in [0.29, 0.717) is 22.4 Å². The zero-order valence-corrected chi connectivity index (χ0v) is 14.5. The third-order valence-corrected chi connectivity index (χ3v) is 5.52. The second-order valence-corrected chi connectivity index (χ2v) is 7.12. The summed E-state index contributed by atoms with van der Waals surface area (Å²) < 4.78 is 20.3. The minimum atomic E-state index is -0.295. The first-order valence-corrected chi connectivity index (χ1v) is 8.53. The maximum absolute atomic E-state index is 14.2. The number of halogens is 1. The van der Waals surface area contributed by atoms with E-state index in [2.05, 4.69) is 18.9 Å². The Hall–Kier alpha value is -1.50. The quantitative estimate of drug-likeness (QED) is 0.864. The standard InChI is InChI=1S/C17H21FN2O2S/c1-11-9-19(2)7-8-20(11)17(21)16-12(10-22-3)15-13(18)5-4-6-14(15)23-16/h4-6,11H,7-10H2,1-3H3/t11-/m1/s1. The van der Waals surface area contributed by atoms with Gasteiger partial charge in [0.05, 0.1) is 11.5 Å². The molecule has 1 aliphatic rings. The monoisotopic (exact) mass is 336 g/mol. The van der Waals surface area contributed by atoms with E-state index in [1.54, 1.807) is 13.2 Å². The van der Waals surface area contributed by atoms with Gasteiger partial charge in [-0.25, -0.2) is 4.39 Å². The molecule has 1 amide bonds. The van der Waals surface area contributed by atoms with Gasteiger partial charge < -0.3 is 14.5 Å². The molecule has 2 aromatic rings.